The SMILES string of the molecule is Cc1nn(C(=O)Cn2ccc3ccccc32)c(C)c1Cc1ccccc1. The van der Waals surface area contributed by atoms with E-state index in [-0.39, 0.29) is 12.5 Å². The standard InChI is InChI=1S/C22H21N3O/c1-16-20(14-18-8-4-3-5-9-18)17(2)25(23-16)22(26)15-24-13-12-19-10-6-7-11-21(19)24/h3-13H,14-15H2,1-2H3. The van der Waals surface area contributed by atoms with Crippen LogP contribution >= 0.6 is 0 Å². The Balaban J connectivity index is 1.61. The Morgan fingerprint density at radius 3 is 2.50 bits per heavy atom. The van der Waals surface area contributed by atoms with E-state index in [1.165, 1.54) is 5.56 Å². The van der Waals surface area contributed by atoms with E-state index in [0.29, 0.717) is 0 Å². The first kappa shape index (κ1) is 16.3. The molecule has 4 aromatic rings. The van der Waals surface area contributed by atoms with Gasteiger partial charge in [0.15, 0.2) is 0 Å². The van der Waals surface area contributed by atoms with Crippen LogP contribution in [0.4, 0.5) is 0 Å². The van der Waals surface area contributed by atoms with Crippen molar-refractivity contribution in [1.29, 1.82) is 0 Å². The number of carbonyl (C=O) groups is 1. The molecule has 4 nitrogen and oxygen atoms in total. The average molecular weight is 343 g/mol. The molecule has 0 unspecified atom stereocenters. The van der Waals surface area contributed by atoms with Crippen molar-refractivity contribution in [2.75, 3.05) is 0 Å². The lowest BCUT2D eigenvalue weighted by Crippen LogP contribution is -2.20. The molecule has 0 aliphatic carbocycles. The molecule has 4 heteroatoms. The molecule has 0 aliphatic heterocycles. The van der Waals surface area contributed by atoms with Gasteiger partial charge in [0, 0.05) is 29.4 Å². The number of hydrogen-bond donors (Lipinski definition) is 0. The predicted molar refractivity (Wildman–Crippen MR) is 104 cm³/mol. The minimum Gasteiger partial charge on any atom is -0.338 e. The summed E-state index contributed by atoms with van der Waals surface area (Å²) in [5.74, 6) is -0.0220. The fraction of sp³-hybridized carbons (Fsp3) is 0.182. The molecule has 0 bridgehead atoms. The number of carbonyl (C=O) groups excluding carboxylic acids is 1. The van der Waals surface area contributed by atoms with E-state index >= 15 is 0 Å². The Morgan fingerprint density at radius 2 is 1.69 bits per heavy atom. The number of rotatable bonds is 4. The van der Waals surface area contributed by atoms with Crippen molar-refractivity contribution in [3.63, 3.8) is 0 Å². The molecular formula is C22H21N3O. The van der Waals surface area contributed by atoms with Gasteiger partial charge >= 0.3 is 0 Å². The van der Waals surface area contributed by atoms with Crippen molar-refractivity contribution >= 4 is 16.8 Å². The molecule has 0 N–H and O–H groups in total. The highest BCUT2D eigenvalue weighted by molar-refractivity contribution is 5.84. The second kappa shape index (κ2) is 6.64. The Labute approximate surface area is 152 Å². The molecule has 2 aromatic carbocycles. The number of aryl methyl sites for hydroxylation is 1. The third-order valence-electron chi connectivity index (χ3n) is 4.89. The first-order valence-electron chi connectivity index (χ1n) is 8.79. The van der Waals surface area contributed by atoms with Gasteiger partial charge in [-0.25, -0.2) is 4.68 Å². The summed E-state index contributed by atoms with van der Waals surface area (Å²) in [7, 11) is 0. The Morgan fingerprint density at radius 1 is 0.962 bits per heavy atom. The molecule has 0 amide bonds. The highest BCUT2D eigenvalue weighted by Gasteiger charge is 2.17. The summed E-state index contributed by atoms with van der Waals surface area (Å²) < 4.78 is 3.54. The number of aromatic nitrogens is 3. The van der Waals surface area contributed by atoms with Gasteiger partial charge in [0.1, 0.15) is 6.54 Å². The summed E-state index contributed by atoms with van der Waals surface area (Å²) in [5.41, 5.74) is 5.25. The zero-order chi connectivity index (χ0) is 18.1. The summed E-state index contributed by atoms with van der Waals surface area (Å²) in [5, 5.41) is 5.66. The second-order valence-electron chi connectivity index (χ2n) is 6.62. The summed E-state index contributed by atoms with van der Waals surface area (Å²) >= 11 is 0. The lowest BCUT2D eigenvalue weighted by atomic mass is 10.0. The Kier molecular flexibility index (Phi) is 4.17. The molecular weight excluding hydrogens is 322 g/mol. The van der Waals surface area contributed by atoms with Gasteiger partial charge in [0.2, 0.25) is 0 Å². The summed E-state index contributed by atoms with van der Waals surface area (Å²) in [6.07, 6.45) is 2.75. The van der Waals surface area contributed by atoms with E-state index in [4.69, 9.17) is 0 Å². The van der Waals surface area contributed by atoms with Crippen LogP contribution in [0.1, 0.15) is 27.3 Å². The number of fused-ring (bicyclic) bond motifs is 1. The van der Waals surface area contributed by atoms with Crippen molar-refractivity contribution in [2.45, 2.75) is 26.8 Å². The summed E-state index contributed by atoms with van der Waals surface area (Å²) in [4.78, 5) is 12.9. The first-order chi connectivity index (χ1) is 12.6. The summed E-state index contributed by atoms with van der Waals surface area (Å²) in [6, 6.07) is 20.4. The average Bonchev–Trinajstić information content (AvgIpc) is 3.19. The zero-order valence-electron chi connectivity index (χ0n) is 15.0. The van der Waals surface area contributed by atoms with E-state index < -0.39 is 0 Å². The van der Waals surface area contributed by atoms with Crippen LogP contribution in [0.2, 0.25) is 0 Å². The maximum absolute atomic E-state index is 12.9. The van der Waals surface area contributed by atoms with Crippen molar-refractivity contribution in [1.82, 2.24) is 14.3 Å². The molecule has 0 saturated carbocycles. The molecule has 0 radical (unpaired) electrons. The van der Waals surface area contributed by atoms with Crippen molar-refractivity contribution in [3.05, 3.63) is 89.4 Å². The monoisotopic (exact) mass is 343 g/mol. The van der Waals surface area contributed by atoms with Crippen LogP contribution in [0.15, 0.2) is 66.9 Å². The van der Waals surface area contributed by atoms with Crippen molar-refractivity contribution in [2.24, 2.45) is 0 Å². The molecule has 2 heterocycles. The topological polar surface area (TPSA) is 39.8 Å². The molecule has 26 heavy (non-hydrogen) atoms. The van der Waals surface area contributed by atoms with Gasteiger partial charge in [-0.15, -0.1) is 0 Å². The van der Waals surface area contributed by atoms with E-state index in [9.17, 15) is 4.79 Å². The Hall–Kier alpha value is -3.14. The van der Waals surface area contributed by atoms with E-state index in [1.807, 2.05) is 67.1 Å². The molecule has 4 rings (SSSR count). The molecule has 2 aromatic heterocycles. The molecule has 0 fully saturated rings. The number of nitrogens with zero attached hydrogens (tertiary/aromatic N) is 3. The molecule has 130 valence electrons. The second-order valence-corrected chi connectivity index (χ2v) is 6.62. The van der Waals surface area contributed by atoms with Crippen LogP contribution in [0, 0.1) is 13.8 Å². The fourth-order valence-electron chi connectivity index (χ4n) is 3.46. The van der Waals surface area contributed by atoms with Crippen LogP contribution in [0.3, 0.4) is 0 Å². The highest BCUT2D eigenvalue weighted by Crippen LogP contribution is 2.19. The predicted octanol–water partition coefficient (Wildman–Crippen LogP) is 4.39. The molecule has 0 spiro atoms. The van der Waals surface area contributed by atoms with Crippen LogP contribution in [-0.2, 0) is 13.0 Å². The largest absolute Gasteiger partial charge is 0.338 e. The van der Waals surface area contributed by atoms with E-state index in [1.54, 1.807) is 4.68 Å². The normalized spacial score (nSPS) is 11.2. The number of hydrogen-bond acceptors (Lipinski definition) is 2. The molecule has 0 atom stereocenters. The van der Waals surface area contributed by atoms with Crippen molar-refractivity contribution < 1.29 is 4.79 Å². The van der Waals surface area contributed by atoms with Gasteiger partial charge in [0.25, 0.3) is 5.91 Å². The lowest BCUT2D eigenvalue weighted by molar-refractivity contribution is 0.0874. The smallest absolute Gasteiger partial charge is 0.267 e. The zero-order valence-corrected chi connectivity index (χ0v) is 15.0. The first-order valence-corrected chi connectivity index (χ1v) is 8.79. The highest BCUT2D eigenvalue weighted by atomic mass is 16.2. The maximum atomic E-state index is 12.9. The van der Waals surface area contributed by atoms with Gasteiger partial charge in [-0.2, -0.15) is 5.10 Å². The minimum absolute atomic E-state index is 0.0220. The van der Waals surface area contributed by atoms with Gasteiger partial charge in [-0.1, -0.05) is 48.5 Å². The van der Waals surface area contributed by atoms with Crippen LogP contribution in [0.5, 0.6) is 0 Å². The van der Waals surface area contributed by atoms with Crippen LogP contribution in [-0.4, -0.2) is 20.3 Å². The maximum Gasteiger partial charge on any atom is 0.267 e. The fourth-order valence-corrected chi connectivity index (χ4v) is 3.46. The van der Waals surface area contributed by atoms with Gasteiger partial charge in [0.05, 0.1) is 5.69 Å². The third-order valence-corrected chi connectivity index (χ3v) is 4.89. The van der Waals surface area contributed by atoms with Crippen LogP contribution in [0.25, 0.3) is 10.9 Å². The van der Waals surface area contributed by atoms with Crippen molar-refractivity contribution in [3.8, 4) is 0 Å². The Bertz CT molecular complexity index is 1070. The van der Waals surface area contributed by atoms with Crippen LogP contribution < -0.4 is 0 Å². The number of benzene rings is 2. The van der Waals surface area contributed by atoms with Gasteiger partial charge in [-0.3, -0.25) is 4.79 Å². The quantitative estimate of drug-likeness (QED) is 0.551. The third kappa shape index (κ3) is 2.94. The number of para-hydroxylation sites is 1. The van der Waals surface area contributed by atoms with E-state index in [0.717, 1.165) is 34.3 Å². The van der Waals surface area contributed by atoms with Gasteiger partial charge in [-0.05, 0) is 36.9 Å². The van der Waals surface area contributed by atoms with Gasteiger partial charge < -0.3 is 4.57 Å². The summed E-state index contributed by atoms with van der Waals surface area (Å²) in [6.45, 7) is 4.23. The van der Waals surface area contributed by atoms with E-state index in [2.05, 4.69) is 23.3 Å². The molecule has 0 saturated heterocycles. The molecule has 0 aliphatic rings. The lowest BCUT2D eigenvalue weighted by Gasteiger charge is -2.07. The minimum atomic E-state index is -0.0220.